The molecular formula is C12H18N4O8. The Morgan fingerprint density at radius 2 is 1.12 bits per heavy atom. The summed E-state index contributed by atoms with van der Waals surface area (Å²) in [5, 5.41) is 1.17. The molecule has 2 aliphatic heterocycles. The van der Waals surface area contributed by atoms with E-state index in [0.717, 1.165) is 0 Å². The van der Waals surface area contributed by atoms with Gasteiger partial charge >= 0.3 is 23.9 Å². The van der Waals surface area contributed by atoms with Crippen LogP contribution in [0.5, 0.6) is 0 Å². The van der Waals surface area contributed by atoms with E-state index in [2.05, 4.69) is 0 Å². The van der Waals surface area contributed by atoms with Gasteiger partial charge in [0.05, 0.1) is 13.1 Å². The predicted molar refractivity (Wildman–Crippen MR) is 72.2 cm³/mol. The molecule has 2 heterocycles. The zero-order chi connectivity index (χ0) is 17.7. The van der Waals surface area contributed by atoms with E-state index in [-0.39, 0.29) is 38.8 Å². The summed E-state index contributed by atoms with van der Waals surface area (Å²) in [5.74, 6) is -2.87. The second-order valence-corrected chi connectivity index (χ2v) is 5.15. The summed E-state index contributed by atoms with van der Waals surface area (Å²) in [4.78, 5) is 65.3. The van der Waals surface area contributed by atoms with Crippen molar-refractivity contribution < 1.29 is 38.5 Å². The minimum absolute atomic E-state index is 0.0602. The van der Waals surface area contributed by atoms with Gasteiger partial charge in [-0.15, -0.1) is 0 Å². The maximum atomic E-state index is 11.6. The number of hydroxylamine groups is 4. The van der Waals surface area contributed by atoms with Crippen LogP contribution in [0.2, 0.25) is 0 Å². The van der Waals surface area contributed by atoms with Crippen molar-refractivity contribution in [2.24, 2.45) is 11.5 Å². The maximum absolute atomic E-state index is 11.6. The fourth-order valence-electron chi connectivity index (χ4n) is 1.82. The third-order valence-electron chi connectivity index (χ3n) is 3.18. The fraction of sp³-hybridized carbons (Fsp3) is 0.667. The lowest BCUT2D eigenvalue weighted by Gasteiger charge is -2.27. The first-order valence-electron chi connectivity index (χ1n) is 7.26. The molecule has 2 fully saturated rings. The largest absolute Gasteiger partial charge is 0.345 e. The minimum atomic E-state index is -0.962. The lowest BCUT2D eigenvalue weighted by molar-refractivity contribution is -0.359. The van der Waals surface area contributed by atoms with Gasteiger partial charge in [0.2, 0.25) is 0 Å². The predicted octanol–water partition coefficient (Wildman–Crippen LogP) is -2.33. The van der Waals surface area contributed by atoms with E-state index in [1.807, 2.05) is 0 Å². The second kappa shape index (κ2) is 8.01. The van der Waals surface area contributed by atoms with Gasteiger partial charge in [0.15, 0.2) is 0 Å². The van der Waals surface area contributed by atoms with E-state index in [1.54, 1.807) is 0 Å². The summed E-state index contributed by atoms with van der Waals surface area (Å²) >= 11 is 0. The molecule has 2 rings (SSSR count). The van der Waals surface area contributed by atoms with E-state index < -0.39 is 36.0 Å². The van der Waals surface area contributed by atoms with Crippen molar-refractivity contribution in [3.63, 3.8) is 0 Å². The number of hydrogen-bond acceptors (Lipinski definition) is 12. The van der Waals surface area contributed by atoms with Crippen LogP contribution in [0.4, 0.5) is 0 Å². The van der Waals surface area contributed by atoms with Gasteiger partial charge in [0.1, 0.15) is 12.1 Å². The van der Waals surface area contributed by atoms with Crippen LogP contribution in [0, 0.1) is 0 Å². The molecular weight excluding hydrogens is 328 g/mol. The Kier molecular flexibility index (Phi) is 6.03. The summed E-state index contributed by atoms with van der Waals surface area (Å²) in [5.41, 5.74) is 11.1. The van der Waals surface area contributed by atoms with Gasteiger partial charge in [0, 0.05) is 23.3 Å². The van der Waals surface area contributed by atoms with E-state index in [1.165, 1.54) is 0 Å². The molecule has 0 amide bonds. The molecule has 0 spiro atoms. The van der Waals surface area contributed by atoms with Gasteiger partial charge in [-0.05, 0) is 12.8 Å². The smallest absolute Gasteiger partial charge is 0.333 e. The lowest BCUT2D eigenvalue weighted by atomic mass is 10.2. The van der Waals surface area contributed by atoms with E-state index >= 15 is 0 Å². The van der Waals surface area contributed by atoms with Gasteiger partial charge < -0.3 is 30.8 Å². The highest BCUT2D eigenvalue weighted by Gasteiger charge is 2.30. The molecule has 2 aliphatic rings. The molecule has 0 aromatic heterocycles. The number of nitrogens with zero attached hydrogens (tertiary/aromatic N) is 2. The fourth-order valence-corrected chi connectivity index (χ4v) is 1.82. The summed E-state index contributed by atoms with van der Waals surface area (Å²) in [7, 11) is 0. The summed E-state index contributed by atoms with van der Waals surface area (Å²) < 4.78 is 0. The Balaban J connectivity index is 1.93. The van der Waals surface area contributed by atoms with Crippen LogP contribution in [0.1, 0.15) is 25.7 Å². The van der Waals surface area contributed by atoms with Gasteiger partial charge in [-0.2, -0.15) is 0 Å². The molecule has 0 radical (unpaired) electrons. The first-order chi connectivity index (χ1) is 11.3. The van der Waals surface area contributed by atoms with Crippen molar-refractivity contribution in [3.8, 4) is 0 Å². The molecule has 0 aromatic carbocycles. The highest BCUT2D eigenvalue weighted by molar-refractivity contribution is 5.78. The summed E-state index contributed by atoms with van der Waals surface area (Å²) in [6.45, 7) is -0.528. The first kappa shape index (κ1) is 18.1. The molecule has 0 bridgehead atoms. The van der Waals surface area contributed by atoms with Crippen molar-refractivity contribution in [1.29, 1.82) is 0 Å². The average Bonchev–Trinajstić information content (AvgIpc) is 2.52. The van der Waals surface area contributed by atoms with E-state index in [4.69, 9.17) is 30.8 Å². The quantitative estimate of drug-likeness (QED) is 0.560. The molecule has 12 heteroatoms. The Labute approximate surface area is 136 Å². The van der Waals surface area contributed by atoms with Crippen LogP contribution in [-0.4, -0.2) is 59.5 Å². The standard InChI is InChI=1S/C12H18N4O8/c13-7-1-3-9(17)21-15(23-11(7)19)5-6-16-22-10(18)4-2-8(14)12(20)24-16/h7-8H,1-6,13-14H2/t7-,8-/m0/s1. The minimum Gasteiger partial charge on any atom is -0.333 e. The molecule has 24 heavy (non-hydrogen) atoms. The maximum Gasteiger partial charge on any atom is 0.345 e. The third-order valence-corrected chi connectivity index (χ3v) is 3.18. The van der Waals surface area contributed by atoms with Crippen LogP contribution in [0.25, 0.3) is 0 Å². The third kappa shape index (κ3) is 5.13. The Hall–Kier alpha value is -2.28. The number of rotatable bonds is 3. The van der Waals surface area contributed by atoms with Crippen LogP contribution in [0.15, 0.2) is 0 Å². The number of carbonyl (C=O) groups excluding carboxylic acids is 4. The number of nitrogens with two attached hydrogens (primary N) is 2. The lowest BCUT2D eigenvalue weighted by Crippen LogP contribution is -2.46. The van der Waals surface area contributed by atoms with Gasteiger partial charge in [-0.1, -0.05) is 0 Å². The molecule has 0 aliphatic carbocycles. The first-order valence-corrected chi connectivity index (χ1v) is 7.26. The molecule has 12 nitrogen and oxygen atoms in total. The Morgan fingerprint density at radius 3 is 1.50 bits per heavy atom. The van der Waals surface area contributed by atoms with E-state index in [0.29, 0.717) is 10.5 Å². The highest BCUT2D eigenvalue weighted by atomic mass is 17.0. The normalized spacial score (nSPS) is 27.8. The van der Waals surface area contributed by atoms with Gasteiger partial charge in [-0.25, -0.2) is 9.59 Å². The summed E-state index contributed by atoms with van der Waals surface area (Å²) in [6.07, 6.45) is 0.0834. The van der Waals surface area contributed by atoms with Crippen molar-refractivity contribution in [3.05, 3.63) is 0 Å². The molecule has 134 valence electrons. The molecule has 0 aromatic rings. The summed E-state index contributed by atoms with van der Waals surface area (Å²) in [6, 6.07) is -1.92. The van der Waals surface area contributed by atoms with Crippen LogP contribution < -0.4 is 11.5 Å². The van der Waals surface area contributed by atoms with Gasteiger partial charge in [-0.3, -0.25) is 9.59 Å². The Morgan fingerprint density at radius 1 is 0.750 bits per heavy atom. The zero-order valence-corrected chi connectivity index (χ0v) is 12.7. The van der Waals surface area contributed by atoms with E-state index in [9.17, 15) is 19.2 Å². The molecule has 4 N–H and O–H groups in total. The van der Waals surface area contributed by atoms with Crippen molar-refractivity contribution in [2.75, 3.05) is 13.1 Å². The van der Waals surface area contributed by atoms with Crippen LogP contribution in [0.3, 0.4) is 0 Å². The van der Waals surface area contributed by atoms with Crippen LogP contribution >= 0.6 is 0 Å². The SMILES string of the molecule is N[C@H]1CCC(=O)ON(CCN2OC(=O)CC[C@H](N)C(=O)O2)OC1=O. The average molecular weight is 346 g/mol. The van der Waals surface area contributed by atoms with Crippen LogP contribution in [-0.2, 0) is 38.5 Å². The van der Waals surface area contributed by atoms with Crippen molar-refractivity contribution in [1.82, 2.24) is 10.5 Å². The highest BCUT2D eigenvalue weighted by Crippen LogP contribution is 2.11. The monoisotopic (exact) mass is 346 g/mol. The molecule has 2 atom stereocenters. The zero-order valence-electron chi connectivity index (χ0n) is 12.7. The molecule has 0 unspecified atom stereocenters. The molecule has 2 saturated heterocycles. The number of carbonyl (C=O) groups is 4. The van der Waals surface area contributed by atoms with Crippen molar-refractivity contribution >= 4 is 23.9 Å². The van der Waals surface area contributed by atoms with Gasteiger partial charge in [0.25, 0.3) is 0 Å². The Bertz CT molecular complexity index is 481. The topological polar surface area (TPSA) is 164 Å². The van der Waals surface area contributed by atoms with Crippen molar-refractivity contribution in [2.45, 2.75) is 37.8 Å². The number of hydrogen-bond donors (Lipinski definition) is 2. The second-order valence-electron chi connectivity index (χ2n) is 5.15. The molecule has 0 saturated carbocycles.